The van der Waals surface area contributed by atoms with Crippen LogP contribution in [-0.2, 0) is 18.4 Å². The van der Waals surface area contributed by atoms with Crippen molar-refractivity contribution in [1.29, 1.82) is 0 Å². The number of phosphoric acid groups is 1. The van der Waals surface area contributed by atoms with E-state index in [0.29, 0.717) is 6.42 Å². The summed E-state index contributed by atoms with van der Waals surface area (Å²) in [6.45, 7) is 3.90. The Bertz CT molecular complexity index is 1340. The third-order valence-electron chi connectivity index (χ3n) is 16.3. The largest absolute Gasteiger partial charge is 0.472 e. The Kier molecular flexibility index (Phi) is 51.1. The first-order valence-electron chi connectivity index (χ1n) is 33.1. The van der Waals surface area contributed by atoms with Crippen molar-refractivity contribution in [2.75, 3.05) is 6.61 Å². The van der Waals surface area contributed by atoms with Crippen molar-refractivity contribution in [2.24, 2.45) is 0 Å². The van der Waals surface area contributed by atoms with Gasteiger partial charge in [-0.1, -0.05) is 321 Å². The number of aliphatic hydroxyl groups is 6. The molecule has 1 fully saturated rings. The molecule has 1 aliphatic rings. The lowest BCUT2D eigenvalue weighted by Crippen LogP contribution is -2.64. The molecule has 0 radical (unpaired) electrons. The van der Waals surface area contributed by atoms with Crippen LogP contribution >= 0.6 is 7.82 Å². The summed E-state index contributed by atoms with van der Waals surface area (Å²) >= 11 is 0. The maximum Gasteiger partial charge on any atom is 0.472 e. The summed E-state index contributed by atoms with van der Waals surface area (Å²) in [6.07, 6.45) is 54.7. The highest BCUT2D eigenvalue weighted by Crippen LogP contribution is 2.47. The molecule has 1 rings (SSSR count). The maximum atomic E-state index is 13.1. The van der Waals surface area contributed by atoms with E-state index >= 15 is 0 Å². The minimum absolute atomic E-state index is 0.220. The quantitative estimate of drug-likeness (QED) is 0.0163. The zero-order valence-corrected chi connectivity index (χ0v) is 50.9. The highest BCUT2D eigenvalue weighted by molar-refractivity contribution is 7.47. The van der Waals surface area contributed by atoms with E-state index in [4.69, 9.17) is 9.05 Å². The molecule has 77 heavy (non-hydrogen) atoms. The minimum atomic E-state index is -5.09. The number of nitrogens with one attached hydrogen (secondary N) is 1. The molecule has 0 aromatic rings. The van der Waals surface area contributed by atoms with E-state index < -0.39 is 63.2 Å². The van der Waals surface area contributed by atoms with Gasteiger partial charge in [0.25, 0.3) is 0 Å². The van der Waals surface area contributed by atoms with Gasteiger partial charge in [0.2, 0.25) is 5.91 Å². The molecule has 13 heteroatoms. The van der Waals surface area contributed by atoms with Crippen molar-refractivity contribution in [3.05, 3.63) is 12.2 Å². The molecule has 8 N–H and O–H groups in total. The molecule has 1 saturated carbocycles. The van der Waals surface area contributed by atoms with Gasteiger partial charge in [-0.3, -0.25) is 13.8 Å². The first-order chi connectivity index (χ1) is 37.4. The number of hydrogen-bond donors (Lipinski definition) is 8. The van der Waals surface area contributed by atoms with Crippen molar-refractivity contribution in [3.8, 4) is 0 Å². The van der Waals surface area contributed by atoms with E-state index in [1.807, 2.05) is 6.08 Å². The van der Waals surface area contributed by atoms with Crippen LogP contribution in [-0.4, -0.2) is 96.8 Å². The molecule has 0 aromatic heterocycles. The summed E-state index contributed by atoms with van der Waals surface area (Å²) in [4.78, 5) is 23.6. The predicted molar refractivity (Wildman–Crippen MR) is 320 cm³/mol. The molecule has 6 unspecified atom stereocenters. The molecule has 0 bridgehead atoms. The van der Waals surface area contributed by atoms with E-state index in [9.17, 15) is 44.9 Å². The molecule has 1 aliphatic carbocycles. The van der Waals surface area contributed by atoms with Gasteiger partial charge in [0.15, 0.2) is 0 Å². The molecular formula is C64H126NO11P. The summed E-state index contributed by atoms with van der Waals surface area (Å²) in [6, 6.07) is -1.11. The minimum Gasteiger partial charge on any atom is -0.387 e. The van der Waals surface area contributed by atoms with Crippen LogP contribution in [0.15, 0.2) is 12.2 Å². The van der Waals surface area contributed by atoms with Crippen molar-refractivity contribution >= 4 is 13.7 Å². The molecule has 12 nitrogen and oxygen atoms in total. The van der Waals surface area contributed by atoms with Gasteiger partial charge in [-0.15, -0.1) is 0 Å². The molecular weight excluding hydrogens is 990 g/mol. The average molecular weight is 1120 g/mol. The van der Waals surface area contributed by atoms with Crippen molar-refractivity contribution < 1.29 is 53.9 Å². The SMILES string of the molecule is CCCCCCCCCCCCCCC/C=C/[C@@H](O)[C@H](COP(=O)(O)OC1C(O)C(O)C(O)[C@@H](O)C1O)NC(=O)CCCCCCCCCCCCCCCCCCCCCCCCCCCCCCCCCCCCC. The van der Waals surface area contributed by atoms with Gasteiger partial charge in [0.05, 0.1) is 18.8 Å². The van der Waals surface area contributed by atoms with Crippen LogP contribution in [0.3, 0.4) is 0 Å². The molecule has 0 aliphatic heterocycles. The fourth-order valence-corrected chi connectivity index (χ4v) is 12.0. The zero-order valence-electron chi connectivity index (χ0n) is 50.0. The second-order valence-corrected chi connectivity index (χ2v) is 25.1. The normalized spacial score (nSPS) is 20.5. The number of hydrogen-bond acceptors (Lipinski definition) is 10. The van der Waals surface area contributed by atoms with Crippen LogP contribution < -0.4 is 5.32 Å². The number of aliphatic hydroxyl groups excluding tert-OH is 6. The van der Waals surface area contributed by atoms with Gasteiger partial charge in [0, 0.05) is 6.42 Å². The summed E-state index contributed by atoms with van der Waals surface area (Å²) in [5.74, 6) is -0.333. The summed E-state index contributed by atoms with van der Waals surface area (Å²) < 4.78 is 23.1. The molecule has 9 atom stereocenters. The Labute approximate surface area is 473 Å². The zero-order chi connectivity index (χ0) is 56.3. The number of amides is 1. The van der Waals surface area contributed by atoms with Crippen LogP contribution in [0.5, 0.6) is 0 Å². The highest BCUT2D eigenvalue weighted by atomic mass is 31.2. The lowest BCUT2D eigenvalue weighted by molar-refractivity contribution is -0.220. The Balaban J connectivity index is 2.16. The molecule has 0 saturated heterocycles. The van der Waals surface area contributed by atoms with Crippen LogP contribution in [0.1, 0.15) is 335 Å². The van der Waals surface area contributed by atoms with Crippen LogP contribution in [0, 0.1) is 0 Å². The first kappa shape index (κ1) is 74.1. The topological polar surface area (TPSA) is 206 Å². The van der Waals surface area contributed by atoms with E-state index in [-0.39, 0.29) is 12.3 Å². The van der Waals surface area contributed by atoms with Crippen LogP contribution in [0.25, 0.3) is 0 Å². The number of rotatable bonds is 58. The lowest BCUT2D eigenvalue weighted by atomic mass is 9.85. The second kappa shape index (κ2) is 53.1. The highest BCUT2D eigenvalue weighted by Gasteiger charge is 2.51. The van der Waals surface area contributed by atoms with Gasteiger partial charge in [0.1, 0.15) is 36.6 Å². The molecule has 0 spiro atoms. The molecule has 1 amide bonds. The summed E-state index contributed by atoms with van der Waals surface area (Å²) in [5.41, 5.74) is 0. The van der Waals surface area contributed by atoms with Crippen molar-refractivity contribution in [1.82, 2.24) is 5.32 Å². The maximum absolute atomic E-state index is 13.1. The number of allylic oxidation sites excluding steroid dienone is 1. The third-order valence-corrected chi connectivity index (χ3v) is 17.3. The number of phosphoric ester groups is 1. The first-order valence-corrected chi connectivity index (χ1v) is 34.6. The van der Waals surface area contributed by atoms with E-state index in [0.717, 1.165) is 44.9 Å². The number of unbranched alkanes of at least 4 members (excludes halogenated alkanes) is 47. The monoisotopic (exact) mass is 1120 g/mol. The molecule has 0 heterocycles. The second-order valence-electron chi connectivity index (χ2n) is 23.7. The van der Waals surface area contributed by atoms with Gasteiger partial charge in [-0.2, -0.15) is 0 Å². The van der Waals surface area contributed by atoms with E-state index in [2.05, 4.69) is 19.2 Å². The predicted octanol–water partition coefficient (Wildman–Crippen LogP) is 16.3. The molecule has 0 aromatic carbocycles. The van der Waals surface area contributed by atoms with E-state index in [1.54, 1.807) is 6.08 Å². The standard InChI is InChI=1S/C64H126NO11P/c1-3-5-7-9-11-13-15-17-19-20-21-22-23-24-25-26-27-28-29-30-31-32-33-34-35-36-37-38-40-42-44-46-48-50-52-54-58(67)65-56(55-75-77(73,74)76-64-62(71)60(69)59(68)61(70)63(64)72)57(66)53-51-49-47-45-43-41-39-18-16-14-12-10-8-6-4-2/h51,53,56-57,59-64,66,68-72H,3-50,52,54-55H2,1-2H3,(H,65,67)(H,73,74)/b53-51+/t56-,57+,59?,60+,61?,62?,63?,64?/m0/s1. The average Bonchev–Trinajstić information content (AvgIpc) is 3.42. The van der Waals surface area contributed by atoms with Gasteiger partial charge in [-0.25, -0.2) is 4.57 Å². The van der Waals surface area contributed by atoms with Gasteiger partial charge >= 0.3 is 7.82 Å². The van der Waals surface area contributed by atoms with Gasteiger partial charge < -0.3 is 40.8 Å². The fraction of sp³-hybridized carbons (Fsp3) is 0.953. The summed E-state index contributed by atoms with van der Waals surface area (Å²) in [7, 11) is -5.09. The number of carbonyl (C=O) groups excluding carboxylic acids is 1. The third kappa shape index (κ3) is 43.4. The van der Waals surface area contributed by atoms with Crippen LogP contribution in [0.2, 0.25) is 0 Å². The van der Waals surface area contributed by atoms with Crippen molar-refractivity contribution in [2.45, 2.75) is 384 Å². The number of carbonyl (C=O) groups is 1. The van der Waals surface area contributed by atoms with Crippen molar-refractivity contribution in [3.63, 3.8) is 0 Å². The smallest absolute Gasteiger partial charge is 0.387 e. The molecule has 458 valence electrons. The lowest BCUT2D eigenvalue weighted by Gasteiger charge is -2.41. The summed E-state index contributed by atoms with van der Waals surface area (Å²) in [5, 5.41) is 64.4. The Morgan fingerprint density at radius 2 is 0.688 bits per heavy atom. The fourth-order valence-electron chi connectivity index (χ4n) is 11.0. The Morgan fingerprint density at radius 3 is 0.987 bits per heavy atom. The Morgan fingerprint density at radius 1 is 0.429 bits per heavy atom. The van der Waals surface area contributed by atoms with E-state index in [1.165, 1.54) is 263 Å². The van der Waals surface area contributed by atoms with Crippen LogP contribution in [0.4, 0.5) is 0 Å². The Hall–Kier alpha value is -0.920. The van der Waals surface area contributed by atoms with Gasteiger partial charge in [-0.05, 0) is 19.3 Å².